The van der Waals surface area contributed by atoms with Gasteiger partial charge < -0.3 is 9.72 Å². The van der Waals surface area contributed by atoms with E-state index in [1.807, 2.05) is 48.5 Å². The molecule has 0 radical (unpaired) electrons. The lowest BCUT2D eigenvalue weighted by atomic mass is 9.98. The molecule has 1 amide bonds. The molecule has 170 valence electrons. The van der Waals surface area contributed by atoms with E-state index in [-0.39, 0.29) is 23.3 Å². The summed E-state index contributed by atoms with van der Waals surface area (Å²) in [5, 5.41) is 6.67. The van der Waals surface area contributed by atoms with E-state index >= 15 is 0 Å². The van der Waals surface area contributed by atoms with Crippen LogP contribution < -0.4 is 10.3 Å². The van der Waals surface area contributed by atoms with Crippen molar-refractivity contribution in [3.05, 3.63) is 85.7 Å². The number of halogens is 1. The summed E-state index contributed by atoms with van der Waals surface area (Å²) in [6, 6.07) is 15.3. The van der Waals surface area contributed by atoms with Gasteiger partial charge in [-0.1, -0.05) is 52.0 Å². The number of hydrogen-bond acceptors (Lipinski definition) is 6. The molecule has 0 aliphatic carbocycles. The number of H-pyrrole nitrogens is 1. The van der Waals surface area contributed by atoms with Crippen molar-refractivity contribution in [2.24, 2.45) is 5.10 Å². The van der Waals surface area contributed by atoms with Crippen LogP contribution in [-0.4, -0.2) is 39.5 Å². The molecule has 2 aromatic carbocycles. The number of methoxy groups -OCH3 is 1. The summed E-state index contributed by atoms with van der Waals surface area (Å²) in [6.45, 7) is 3.51. The third-order valence-corrected chi connectivity index (χ3v) is 6.94. The van der Waals surface area contributed by atoms with Gasteiger partial charge in [0.1, 0.15) is 5.75 Å². The van der Waals surface area contributed by atoms with E-state index in [9.17, 15) is 9.59 Å². The molecule has 7 nitrogen and oxygen atoms in total. The Hall–Kier alpha value is -2.91. The Labute approximate surface area is 204 Å². The molecule has 1 N–H and O–H groups in total. The van der Waals surface area contributed by atoms with Crippen LogP contribution in [0.5, 0.6) is 5.75 Å². The number of hydrazone groups is 1. The third-order valence-electron chi connectivity index (χ3n) is 5.55. The van der Waals surface area contributed by atoms with Gasteiger partial charge in [0.15, 0.2) is 5.16 Å². The number of ether oxygens (including phenoxy) is 1. The maximum Gasteiger partial charge on any atom is 0.254 e. The van der Waals surface area contributed by atoms with Crippen molar-refractivity contribution in [1.29, 1.82) is 0 Å². The molecular weight excluding hydrogens is 504 g/mol. The third kappa shape index (κ3) is 5.20. The predicted octanol–water partition coefficient (Wildman–Crippen LogP) is 4.63. The average Bonchev–Trinajstić information content (AvgIpc) is 3.27. The second kappa shape index (κ2) is 9.93. The first-order valence-corrected chi connectivity index (χ1v) is 12.1. The first-order valence-electron chi connectivity index (χ1n) is 10.4. The Balaban J connectivity index is 1.59. The number of aryl methyl sites for hydroxylation is 1. The van der Waals surface area contributed by atoms with Crippen molar-refractivity contribution in [3.63, 3.8) is 0 Å². The molecule has 0 fully saturated rings. The minimum absolute atomic E-state index is 0.106. The van der Waals surface area contributed by atoms with E-state index in [1.165, 1.54) is 11.8 Å². The fourth-order valence-corrected chi connectivity index (χ4v) is 4.55. The molecule has 0 spiro atoms. The van der Waals surface area contributed by atoms with E-state index in [1.54, 1.807) is 26.0 Å². The predicted molar refractivity (Wildman–Crippen MR) is 133 cm³/mol. The number of nitrogens with zero attached hydrogens (tertiary/aromatic N) is 3. The summed E-state index contributed by atoms with van der Waals surface area (Å²) < 4.78 is 6.25. The molecule has 0 saturated heterocycles. The number of thioether (sulfide) groups is 1. The second-order valence-electron chi connectivity index (χ2n) is 7.66. The molecule has 9 heteroatoms. The van der Waals surface area contributed by atoms with Crippen molar-refractivity contribution in [2.45, 2.75) is 31.5 Å². The van der Waals surface area contributed by atoms with Gasteiger partial charge in [0.2, 0.25) is 0 Å². The topological polar surface area (TPSA) is 87.7 Å². The Morgan fingerprint density at radius 2 is 1.88 bits per heavy atom. The summed E-state index contributed by atoms with van der Waals surface area (Å²) in [5.41, 5.74) is 3.84. The Kier molecular flexibility index (Phi) is 6.99. The molecule has 1 aliphatic rings. The largest absolute Gasteiger partial charge is 0.497 e. The molecule has 1 atom stereocenters. The van der Waals surface area contributed by atoms with Crippen molar-refractivity contribution in [1.82, 2.24) is 15.0 Å². The highest BCUT2D eigenvalue weighted by molar-refractivity contribution is 9.10. The van der Waals surface area contributed by atoms with Crippen LogP contribution in [0, 0.1) is 13.8 Å². The summed E-state index contributed by atoms with van der Waals surface area (Å²) in [7, 11) is 1.62. The van der Waals surface area contributed by atoms with Gasteiger partial charge in [-0.05, 0) is 49.2 Å². The van der Waals surface area contributed by atoms with Crippen LogP contribution in [0.4, 0.5) is 0 Å². The van der Waals surface area contributed by atoms with Crippen molar-refractivity contribution in [3.8, 4) is 5.75 Å². The van der Waals surface area contributed by atoms with Gasteiger partial charge in [-0.3, -0.25) is 9.59 Å². The van der Waals surface area contributed by atoms with Gasteiger partial charge in [0.25, 0.3) is 11.5 Å². The Morgan fingerprint density at radius 3 is 2.52 bits per heavy atom. The summed E-state index contributed by atoms with van der Waals surface area (Å²) in [4.78, 5) is 32.4. The van der Waals surface area contributed by atoms with Gasteiger partial charge in [-0.2, -0.15) is 5.10 Å². The number of nitrogens with one attached hydrogen (secondary N) is 1. The highest BCUT2D eigenvalue weighted by atomic mass is 79.9. The minimum Gasteiger partial charge on any atom is -0.497 e. The lowest BCUT2D eigenvalue weighted by Crippen LogP contribution is -2.28. The van der Waals surface area contributed by atoms with Gasteiger partial charge in [0.05, 0.1) is 24.6 Å². The van der Waals surface area contributed by atoms with E-state index in [0.717, 1.165) is 27.1 Å². The molecule has 0 saturated carbocycles. The lowest BCUT2D eigenvalue weighted by Gasteiger charge is -2.22. The number of aromatic nitrogens is 2. The molecule has 1 aromatic heterocycles. The summed E-state index contributed by atoms with van der Waals surface area (Å²) in [5.74, 6) is 0.702. The summed E-state index contributed by atoms with van der Waals surface area (Å²) in [6.07, 6.45) is 0.600. The highest BCUT2D eigenvalue weighted by Crippen LogP contribution is 2.34. The maximum absolute atomic E-state index is 13.2. The van der Waals surface area contributed by atoms with Gasteiger partial charge >= 0.3 is 0 Å². The summed E-state index contributed by atoms with van der Waals surface area (Å²) >= 11 is 4.66. The molecule has 1 unspecified atom stereocenters. The lowest BCUT2D eigenvalue weighted by molar-refractivity contribution is -0.130. The number of rotatable bonds is 6. The number of carbonyl (C=O) groups excluding carboxylic acids is 1. The van der Waals surface area contributed by atoms with Crippen LogP contribution in [0.25, 0.3) is 0 Å². The monoisotopic (exact) mass is 526 g/mol. The van der Waals surface area contributed by atoms with Gasteiger partial charge in [-0.15, -0.1) is 0 Å². The van der Waals surface area contributed by atoms with Crippen LogP contribution in [0.3, 0.4) is 0 Å². The maximum atomic E-state index is 13.2. The van der Waals surface area contributed by atoms with Crippen LogP contribution in [0.2, 0.25) is 0 Å². The zero-order chi connectivity index (χ0) is 23.5. The number of hydrogen-bond donors (Lipinski definition) is 1. The number of aromatic amines is 1. The average molecular weight is 527 g/mol. The van der Waals surface area contributed by atoms with E-state index in [2.05, 4.69) is 25.9 Å². The fourth-order valence-electron chi connectivity index (χ4n) is 3.53. The number of amides is 1. The van der Waals surface area contributed by atoms with Crippen LogP contribution in [0.1, 0.15) is 34.8 Å². The number of benzene rings is 2. The molecule has 2 heterocycles. The first-order chi connectivity index (χ1) is 15.9. The van der Waals surface area contributed by atoms with Crippen molar-refractivity contribution >= 4 is 39.3 Å². The first kappa shape index (κ1) is 23.3. The van der Waals surface area contributed by atoms with E-state index in [4.69, 9.17) is 9.84 Å². The molecule has 4 rings (SSSR count). The zero-order valence-corrected chi connectivity index (χ0v) is 20.9. The number of carbonyl (C=O) groups is 1. The van der Waals surface area contributed by atoms with E-state index in [0.29, 0.717) is 22.8 Å². The molecule has 0 bridgehead atoms. The van der Waals surface area contributed by atoms with Crippen molar-refractivity contribution < 1.29 is 9.53 Å². The molecular formula is C24H23BrN4O3S. The fraction of sp³-hybridized carbons (Fsp3) is 0.250. The molecule has 33 heavy (non-hydrogen) atoms. The Bertz CT molecular complexity index is 1260. The van der Waals surface area contributed by atoms with Crippen LogP contribution >= 0.6 is 27.7 Å². The standard InChI is InChI=1S/C24H23BrN4O3S/c1-14-15(2)26-24(27-23(14)31)33-13-22(30)29-21(17-6-10-19(32-3)11-7-17)12-20(28-29)16-4-8-18(25)9-5-16/h4-11,21H,12-13H2,1-3H3,(H,26,27,31). The minimum atomic E-state index is -0.227. The smallest absolute Gasteiger partial charge is 0.254 e. The zero-order valence-electron chi connectivity index (χ0n) is 18.5. The normalized spacial score (nSPS) is 15.5. The van der Waals surface area contributed by atoms with Crippen LogP contribution in [0.15, 0.2) is 68.1 Å². The second-order valence-corrected chi connectivity index (χ2v) is 9.53. The van der Waals surface area contributed by atoms with E-state index < -0.39 is 0 Å². The Morgan fingerprint density at radius 1 is 1.18 bits per heavy atom. The highest BCUT2D eigenvalue weighted by Gasteiger charge is 2.33. The van der Waals surface area contributed by atoms with Crippen molar-refractivity contribution in [2.75, 3.05) is 12.9 Å². The SMILES string of the molecule is COc1ccc(C2CC(c3ccc(Br)cc3)=NN2C(=O)CSc2nc(C)c(C)c(=O)[nH]2)cc1. The molecule has 3 aromatic rings. The van der Waals surface area contributed by atoms with Gasteiger partial charge in [-0.25, -0.2) is 9.99 Å². The van der Waals surface area contributed by atoms with Crippen LogP contribution in [-0.2, 0) is 4.79 Å². The molecule has 1 aliphatic heterocycles. The quantitative estimate of drug-likeness (QED) is 0.373. The van der Waals surface area contributed by atoms with Gasteiger partial charge in [0, 0.05) is 22.2 Å².